The van der Waals surface area contributed by atoms with Gasteiger partial charge in [-0.2, -0.15) is 0 Å². The van der Waals surface area contributed by atoms with E-state index in [0.29, 0.717) is 5.02 Å². The Labute approximate surface area is 144 Å². The molecule has 1 heterocycles. The summed E-state index contributed by atoms with van der Waals surface area (Å²) in [6.07, 6.45) is 5.28. The van der Waals surface area contributed by atoms with Gasteiger partial charge >= 0.3 is 0 Å². The van der Waals surface area contributed by atoms with Gasteiger partial charge in [0.25, 0.3) is 0 Å². The second kappa shape index (κ2) is 8.14. The summed E-state index contributed by atoms with van der Waals surface area (Å²) >= 11 is 16.2. The minimum absolute atomic E-state index is 0.120. The third-order valence-electron chi connectivity index (χ3n) is 3.28. The van der Waals surface area contributed by atoms with Crippen molar-refractivity contribution in [3.05, 3.63) is 62.3 Å². The van der Waals surface area contributed by atoms with Crippen LogP contribution in [0.15, 0.2) is 41.1 Å². The van der Waals surface area contributed by atoms with Gasteiger partial charge in [-0.3, -0.25) is 4.98 Å². The zero-order valence-corrected chi connectivity index (χ0v) is 14.8. The van der Waals surface area contributed by atoms with Crippen LogP contribution in [0.25, 0.3) is 0 Å². The van der Waals surface area contributed by atoms with Crippen molar-refractivity contribution in [3.8, 4) is 0 Å². The normalized spacial score (nSPS) is 12.4. The molecule has 0 aliphatic carbocycles. The fourth-order valence-electron chi connectivity index (χ4n) is 2.19. The Morgan fingerprint density at radius 1 is 1.29 bits per heavy atom. The first-order valence-electron chi connectivity index (χ1n) is 6.89. The van der Waals surface area contributed by atoms with Crippen LogP contribution < -0.4 is 5.32 Å². The van der Waals surface area contributed by atoms with E-state index in [0.717, 1.165) is 40.0 Å². The lowest BCUT2D eigenvalue weighted by Gasteiger charge is -2.21. The topological polar surface area (TPSA) is 24.9 Å². The first kappa shape index (κ1) is 16.8. The molecule has 5 heteroatoms. The molecule has 0 aliphatic rings. The molecule has 0 saturated carbocycles. The minimum Gasteiger partial charge on any atom is -0.310 e. The SMILES string of the molecule is CCCNC(Cc1ccncc1Cl)c1cccc(Br)c1Cl. The molecule has 21 heavy (non-hydrogen) atoms. The Hall–Kier alpha value is -0.610. The van der Waals surface area contributed by atoms with Gasteiger partial charge in [0.15, 0.2) is 0 Å². The van der Waals surface area contributed by atoms with E-state index < -0.39 is 0 Å². The summed E-state index contributed by atoms with van der Waals surface area (Å²) in [6.45, 7) is 3.07. The van der Waals surface area contributed by atoms with Crippen molar-refractivity contribution in [2.75, 3.05) is 6.54 Å². The fourth-order valence-corrected chi connectivity index (χ4v) is 3.03. The molecule has 1 atom stereocenters. The predicted octanol–water partition coefficient (Wildman–Crippen LogP) is 5.43. The number of pyridine rings is 1. The summed E-state index contributed by atoms with van der Waals surface area (Å²) in [4.78, 5) is 4.03. The van der Waals surface area contributed by atoms with Crippen LogP contribution in [-0.4, -0.2) is 11.5 Å². The smallest absolute Gasteiger partial charge is 0.0622 e. The molecule has 0 amide bonds. The van der Waals surface area contributed by atoms with E-state index in [2.05, 4.69) is 39.2 Å². The standard InChI is InChI=1S/C16H17BrCl2N2/c1-2-7-21-15(9-11-6-8-20-10-14(11)18)12-4-3-5-13(17)16(12)19/h3-6,8,10,15,21H,2,7,9H2,1H3. The average molecular weight is 388 g/mol. The van der Waals surface area contributed by atoms with Crippen LogP contribution in [0.3, 0.4) is 0 Å². The molecule has 1 aromatic carbocycles. The molecular formula is C16H17BrCl2N2. The van der Waals surface area contributed by atoms with E-state index in [1.54, 1.807) is 12.4 Å². The van der Waals surface area contributed by atoms with Gasteiger partial charge in [-0.1, -0.05) is 42.3 Å². The summed E-state index contributed by atoms with van der Waals surface area (Å²) in [5, 5.41) is 4.98. The summed E-state index contributed by atoms with van der Waals surface area (Å²) in [7, 11) is 0. The summed E-state index contributed by atoms with van der Waals surface area (Å²) in [5.74, 6) is 0. The summed E-state index contributed by atoms with van der Waals surface area (Å²) in [6, 6.07) is 8.07. The van der Waals surface area contributed by atoms with E-state index in [1.165, 1.54) is 0 Å². The van der Waals surface area contributed by atoms with E-state index >= 15 is 0 Å². The van der Waals surface area contributed by atoms with E-state index in [9.17, 15) is 0 Å². The van der Waals surface area contributed by atoms with Crippen LogP contribution in [0.2, 0.25) is 10.0 Å². The van der Waals surface area contributed by atoms with Gasteiger partial charge in [0, 0.05) is 22.9 Å². The Balaban J connectivity index is 2.30. The zero-order valence-electron chi connectivity index (χ0n) is 11.7. The molecule has 1 N–H and O–H groups in total. The molecule has 0 saturated heterocycles. The largest absolute Gasteiger partial charge is 0.310 e. The highest BCUT2D eigenvalue weighted by molar-refractivity contribution is 9.10. The maximum atomic E-state index is 6.44. The lowest BCUT2D eigenvalue weighted by molar-refractivity contribution is 0.529. The van der Waals surface area contributed by atoms with Crippen LogP contribution >= 0.6 is 39.1 Å². The number of aromatic nitrogens is 1. The van der Waals surface area contributed by atoms with Crippen molar-refractivity contribution in [3.63, 3.8) is 0 Å². The maximum Gasteiger partial charge on any atom is 0.0622 e. The Morgan fingerprint density at radius 3 is 2.81 bits per heavy atom. The minimum atomic E-state index is 0.120. The molecule has 0 aliphatic heterocycles. The number of rotatable bonds is 6. The molecule has 0 spiro atoms. The van der Waals surface area contributed by atoms with Gasteiger partial charge in [0.05, 0.1) is 10.0 Å². The molecular weight excluding hydrogens is 371 g/mol. The molecule has 0 fully saturated rings. The maximum absolute atomic E-state index is 6.44. The fraction of sp³-hybridized carbons (Fsp3) is 0.312. The van der Waals surface area contributed by atoms with Gasteiger partial charge in [-0.15, -0.1) is 0 Å². The molecule has 0 bridgehead atoms. The van der Waals surface area contributed by atoms with E-state index in [4.69, 9.17) is 23.2 Å². The molecule has 112 valence electrons. The average Bonchev–Trinajstić information content (AvgIpc) is 2.48. The first-order valence-corrected chi connectivity index (χ1v) is 8.44. The number of nitrogens with zero attached hydrogens (tertiary/aromatic N) is 1. The van der Waals surface area contributed by atoms with E-state index in [-0.39, 0.29) is 6.04 Å². The second-order valence-corrected chi connectivity index (χ2v) is 6.46. The number of nitrogens with one attached hydrogen (secondary N) is 1. The third-order valence-corrected chi connectivity index (χ3v) is 4.93. The number of benzene rings is 1. The van der Waals surface area contributed by atoms with Gasteiger partial charge in [-0.05, 0) is 58.6 Å². The molecule has 1 unspecified atom stereocenters. The van der Waals surface area contributed by atoms with Gasteiger partial charge < -0.3 is 5.32 Å². The van der Waals surface area contributed by atoms with Crippen molar-refractivity contribution in [1.82, 2.24) is 10.3 Å². The highest BCUT2D eigenvalue weighted by atomic mass is 79.9. The first-order chi connectivity index (χ1) is 10.1. The number of halogens is 3. The van der Waals surface area contributed by atoms with Crippen molar-refractivity contribution in [2.45, 2.75) is 25.8 Å². The van der Waals surface area contributed by atoms with Crippen LogP contribution in [0.5, 0.6) is 0 Å². The van der Waals surface area contributed by atoms with Gasteiger partial charge in [-0.25, -0.2) is 0 Å². The van der Waals surface area contributed by atoms with Crippen molar-refractivity contribution in [2.24, 2.45) is 0 Å². The third kappa shape index (κ3) is 4.43. The van der Waals surface area contributed by atoms with Crippen molar-refractivity contribution >= 4 is 39.1 Å². The molecule has 2 nitrogen and oxygen atoms in total. The number of hydrogen-bond acceptors (Lipinski definition) is 2. The Kier molecular flexibility index (Phi) is 6.49. The molecule has 2 aromatic rings. The Morgan fingerprint density at radius 2 is 2.10 bits per heavy atom. The molecule has 2 rings (SSSR count). The number of hydrogen-bond donors (Lipinski definition) is 1. The van der Waals surface area contributed by atoms with Gasteiger partial charge in [0.2, 0.25) is 0 Å². The quantitative estimate of drug-likeness (QED) is 0.714. The van der Waals surface area contributed by atoms with E-state index in [1.807, 2.05) is 18.2 Å². The predicted molar refractivity (Wildman–Crippen MR) is 93.1 cm³/mol. The van der Waals surface area contributed by atoms with Crippen LogP contribution in [0, 0.1) is 0 Å². The molecule has 1 aromatic heterocycles. The van der Waals surface area contributed by atoms with Crippen LogP contribution in [-0.2, 0) is 6.42 Å². The van der Waals surface area contributed by atoms with Gasteiger partial charge in [0.1, 0.15) is 0 Å². The lowest BCUT2D eigenvalue weighted by atomic mass is 9.99. The van der Waals surface area contributed by atoms with Crippen LogP contribution in [0.4, 0.5) is 0 Å². The summed E-state index contributed by atoms with van der Waals surface area (Å²) in [5.41, 5.74) is 2.14. The highest BCUT2D eigenvalue weighted by Gasteiger charge is 2.17. The lowest BCUT2D eigenvalue weighted by Crippen LogP contribution is -2.24. The van der Waals surface area contributed by atoms with Crippen LogP contribution in [0.1, 0.15) is 30.5 Å². The zero-order chi connectivity index (χ0) is 15.2. The van der Waals surface area contributed by atoms with Crippen molar-refractivity contribution in [1.29, 1.82) is 0 Å². The summed E-state index contributed by atoms with van der Waals surface area (Å²) < 4.78 is 0.908. The molecule has 0 radical (unpaired) electrons. The highest BCUT2D eigenvalue weighted by Crippen LogP contribution is 2.32. The second-order valence-electron chi connectivity index (χ2n) is 4.82. The van der Waals surface area contributed by atoms with Crippen molar-refractivity contribution < 1.29 is 0 Å². The Bertz CT molecular complexity index is 605. The monoisotopic (exact) mass is 386 g/mol.